The van der Waals surface area contributed by atoms with E-state index in [0.717, 1.165) is 15.0 Å². The number of hydrogen-bond acceptors (Lipinski definition) is 6. The van der Waals surface area contributed by atoms with Crippen molar-refractivity contribution in [3.8, 4) is 10.6 Å². The Hall–Kier alpha value is -2.58. The zero-order valence-corrected chi connectivity index (χ0v) is 14.6. The van der Waals surface area contributed by atoms with Gasteiger partial charge in [0.2, 0.25) is 5.13 Å². The Morgan fingerprint density at radius 3 is 2.46 bits per heavy atom. The fourth-order valence-electron chi connectivity index (χ4n) is 1.91. The predicted octanol–water partition coefficient (Wildman–Crippen LogP) is 3.87. The van der Waals surface area contributed by atoms with Crippen LogP contribution in [0.15, 0.2) is 64.2 Å². The maximum atomic E-state index is 11.4. The van der Waals surface area contributed by atoms with Crippen molar-refractivity contribution in [1.82, 2.24) is 10.2 Å². The largest absolute Gasteiger partial charge is 0.476 e. The fraction of sp³-hybridized carbons (Fsp3) is 0. The maximum absolute atomic E-state index is 11.4. The third-order valence-corrected chi connectivity index (χ3v) is 4.43. The van der Waals surface area contributed by atoms with Crippen LogP contribution in [-0.4, -0.2) is 27.0 Å². The summed E-state index contributed by atoms with van der Waals surface area (Å²) in [7, 11) is 0. The number of hydrazone groups is 1. The first-order valence-corrected chi connectivity index (χ1v) is 8.46. The van der Waals surface area contributed by atoms with Crippen LogP contribution in [0, 0.1) is 0 Å². The van der Waals surface area contributed by atoms with E-state index in [4.69, 9.17) is 0 Å². The molecule has 0 amide bonds. The number of aromatic nitrogens is 2. The number of carboxylic acids is 1. The minimum atomic E-state index is -1.12. The zero-order chi connectivity index (χ0) is 16.9. The van der Waals surface area contributed by atoms with Crippen molar-refractivity contribution >= 4 is 44.1 Å². The van der Waals surface area contributed by atoms with Gasteiger partial charge < -0.3 is 5.11 Å². The van der Waals surface area contributed by atoms with Crippen LogP contribution in [0.1, 0.15) is 5.56 Å². The highest BCUT2D eigenvalue weighted by Crippen LogP contribution is 2.27. The number of anilines is 1. The third-order valence-electron chi connectivity index (χ3n) is 3.03. The smallest absolute Gasteiger partial charge is 0.356 e. The number of rotatable bonds is 5. The SMILES string of the molecule is O=C(O)/C(=N/Nc1nnc(-c2ccc(Br)cc2)s1)c1ccccc1. The van der Waals surface area contributed by atoms with E-state index >= 15 is 0 Å². The number of nitrogens with one attached hydrogen (secondary N) is 1. The molecule has 2 aromatic carbocycles. The Morgan fingerprint density at radius 1 is 1.08 bits per heavy atom. The molecule has 1 aromatic heterocycles. The Bertz CT molecular complexity index is 879. The second-order valence-electron chi connectivity index (χ2n) is 4.66. The molecule has 0 aliphatic heterocycles. The van der Waals surface area contributed by atoms with Gasteiger partial charge in [-0.15, -0.1) is 10.2 Å². The van der Waals surface area contributed by atoms with Crippen molar-refractivity contribution in [1.29, 1.82) is 0 Å². The molecule has 1 heterocycles. The highest BCUT2D eigenvalue weighted by Gasteiger charge is 2.13. The van der Waals surface area contributed by atoms with Crippen LogP contribution in [0.25, 0.3) is 10.6 Å². The molecule has 0 bridgehead atoms. The van der Waals surface area contributed by atoms with E-state index in [-0.39, 0.29) is 5.71 Å². The average molecular weight is 403 g/mol. The lowest BCUT2D eigenvalue weighted by molar-refractivity contribution is -0.129. The van der Waals surface area contributed by atoms with Gasteiger partial charge in [-0.3, -0.25) is 5.43 Å². The molecule has 3 rings (SSSR count). The lowest BCUT2D eigenvalue weighted by Gasteiger charge is -2.01. The molecule has 0 saturated carbocycles. The normalized spacial score (nSPS) is 11.3. The molecule has 2 N–H and O–H groups in total. The van der Waals surface area contributed by atoms with Crippen LogP contribution in [0.3, 0.4) is 0 Å². The molecule has 120 valence electrons. The molecule has 3 aromatic rings. The Labute approximate surface area is 150 Å². The monoisotopic (exact) mass is 402 g/mol. The molecule has 0 radical (unpaired) electrons. The molecule has 8 heteroatoms. The summed E-state index contributed by atoms with van der Waals surface area (Å²) in [5.74, 6) is -1.12. The summed E-state index contributed by atoms with van der Waals surface area (Å²) in [6, 6.07) is 16.4. The van der Waals surface area contributed by atoms with Crippen molar-refractivity contribution in [2.75, 3.05) is 5.43 Å². The van der Waals surface area contributed by atoms with Gasteiger partial charge in [-0.05, 0) is 12.1 Å². The van der Waals surface area contributed by atoms with Crippen LogP contribution in [-0.2, 0) is 4.79 Å². The van der Waals surface area contributed by atoms with E-state index in [0.29, 0.717) is 10.7 Å². The predicted molar refractivity (Wildman–Crippen MR) is 97.3 cm³/mol. The number of nitrogens with zero attached hydrogens (tertiary/aromatic N) is 3. The lowest BCUT2D eigenvalue weighted by atomic mass is 10.1. The number of benzene rings is 2. The molecule has 24 heavy (non-hydrogen) atoms. The number of halogens is 1. The van der Waals surface area contributed by atoms with Crippen LogP contribution in [0.4, 0.5) is 5.13 Å². The van der Waals surface area contributed by atoms with E-state index in [1.54, 1.807) is 24.3 Å². The molecule has 0 saturated heterocycles. The van der Waals surface area contributed by atoms with Gasteiger partial charge in [-0.2, -0.15) is 5.10 Å². The standard InChI is InChI=1S/C16H11BrN4O2S/c17-12-8-6-11(7-9-12)14-19-21-16(24-14)20-18-13(15(22)23)10-4-2-1-3-5-10/h1-9H,(H,20,21)(H,22,23)/b18-13+. The van der Waals surface area contributed by atoms with Crippen LogP contribution in [0.2, 0.25) is 0 Å². The minimum Gasteiger partial charge on any atom is -0.476 e. The fourth-order valence-corrected chi connectivity index (χ4v) is 2.87. The summed E-state index contributed by atoms with van der Waals surface area (Å²) in [5.41, 5.74) is 4.02. The van der Waals surface area contributed by atoms with Gasteiger partial charge in [0.1, 0.15) is 5.01 Å². The van der Waals surface area contributed by atoms with Crippen molar-refractivity contribution in [2.45, 2.75) is 0 Å². The quantitative estimate of drug-likeness (QED) is 0.499. The first-order valence-electron chi connectivity index (χ1n) is 6.85. The van der Waals surface area contributed by atoms with E-state index in [1.165, 1.54) is 11.3 Å². The zero-order valence-electron chi connectivity index (χ0n) is 12.2. The Balaban J connectivity index is 1.81. The van der Waals surface area contributed by atoms with Gasteiger partial charge in [-0.1, -0.05) is 69.7 Å². The molecule has 0 aliphatic carbocycles. The molecular weight excluding hydrogens is 392 g/mol. The molecule has 0 atom stereocenters. The molecular formula is C16H11BrN4O2S. The summed E-state index contributed by atoms with van der Waals surface area (Å²) >= 11 is 4.67. The topological polar surface area (TPSA) is 87.5 Å². The van der Waals surface area contributed by atoms with Crippen LogP contribution in [0.5, 0.6) is 0 Å². The van der Waals surface area contributed by atoms with Crippen molar-refractivity contribution in [2.24, 2.45) is 5.10 Å². The van der Waals surface area contributed by atoms with Gasteiger partial charge in [-0.25, -0.2) is 4.79 Å². The van der Waals surface area contributed by atoms with Gasteiger partial charge in [0.15, 0.2) is 5.71 Å². The average Bonchev–Trinajstić information content (AvgIpc) is 3.05. The molecule has 0 spiro atoms. The van der Waals surface area contributed by atoms with E-state index in [1.807, 2.05) is 30.3 Å². The van der Waals surface area contributed by atoms with Gasteiger partial charge in [0, 0.05) is 15.6 Å². The van der Waals surface area contributed by atoms with Gasteiger partial charge in [0.25, 0.3) is 0 Å². The van der Waals surface area contributed by atoms with Crippen molar-refractivity contribution < 1.29 is 9.90 Å². The number of carboxylic acid groups (broad SMARTS) is 1. The summed E-state index contributed by atoms with van der Waals surface area (Å²) in [5, 5.41) is 22.5. The first-order chi connectivity index (χ1) is 11.6. The first kappa shape index (κ1) is 16.3. The lowest BCUT2D eigenvalue weighted by Crippen LogP contribution is -2.16. The summed E-state index contributed by atoms with van der Waals surface area (Å²) in [6.45, 7) is 0. The van der Waals surface area contributed by atoms with Crippen LogP contribution < -0.4 is 5.43 Å². The number of carbonyl (C=O) groups is 1. The number of hydrogen-bond donors (Lipinski definition) is 2. The maximum Gasteiger partial charge on any atom is 0.356 e. The van der Waals surface area contributed by atoms with Crippen LogP contribution >= 0.6 is 27.3 Å². The number of aliphatic carboxylic acids is 1. The van der Waals surface area contributed by atoms with Gasteiger partial charge >= 0.3 is 5.97 Å². The highest BCUT2D eigenvalue weighted by molar-refractivity contribution is 9.10. The Kier molecular flexibility index (Phi) is 4.97. The van der Waals surface area contributed by atoms with E-state index in [2.05, 4.69) is 36.7 Å². The molecule has 6 nitrogen and oxygen atoms in total. The summed E-state index contributed by atoms with van der Waals surface area (Å²) in [6.07, 6.45) is 0. The van der Waals surface area contributed by atoms with Gasteiger partial charge in [0.05, 0.1) is 0 Å². The second-order valence-corrected chi connectivity index (χ2v) is 6.56. The van der Waals surface area contributed by atoms with E-state index < -0.39 is 5.97 Å². The summed E-state index contributed by atoms with van der Waals surface area (Å²) in [4.78, 5) is 11.4. The minimum absolute atomic E-state index is 0.0870. The Morgan fingerprint density at radius 2 is 1.79 bits per heavy atom. The third kappa shape index (κ3) is 3.84. The molecule has 0 fully saturated rings. The highest BCUT2D eigenvalue weighted by atomic mass is 79.9. The van der Waals surface area contributed by atoms with E-state index in [9.17, 15) is 9.90 Å². The summed E-state index contributed by atoms with van der Waals surface area (Å²) < 4.78 is 0.979. The van der Waals surface area contributed by atoms with Crippen molar-refractivity contribution in [3.63, 3.8) is 0 Å². The van der Waals surface area contributed by atoms with Crippen molar-refractivity contribution in [3.05, 3.63) is 64.6 Å². The molecule has 0 unspecified atom stereocenters. The molecule has 0 aliphatic rings. The second kappa shape index (κ2) is 7.33.